The lowest BCUT2D eigenvalue weighted by Gasteiger charge is -2.33. The van der Waals surface area contributed by atoms with Crippen LogP contribution in [0.2, 0.25) is 0 Å². The molecule has 1 aromatic heterocycles. The van der Waals surface area contributed by atoms with E-state index in [4.69, 9.17) is 19.2 Å². The molecule has 0 aliphatic carbocycles. The van der Waals surface area contributed by atoms with Crippen molar-refractivity contribution in [3.63, 3.8) is 0 Å². The van der Waals surface area contributed by atoms with E-state index in [1.165, 1.54) is 21.3 Å². The van der Waals surface area contributed by atoms with Gasteiger partial charge in [0.2, 0.25) is 17.6 Å². The van der Waals surface area contributed by atoms with Crippen molar-refractivity contribution < 1.29 is 23.8 Å². The number of likely N-dealkylation sites (N-methyl/N-ethyl adjacent to an activating group) is 1. The largest absolute Gasteiger partial charge is 0.493 e. The Morgan fingerprint density at radius 2 is 1.45 bits per heavy atom. The maximum atomic E-state index is 12.6. The number of carbonyl (C=O) groups is 2. The predicted octanol–water partition coefficient (Wildman–Crippen LogP) is 3.68. The summed E-state index contributed by atoms with van der Waals surface area (Å²) in [6, 6.07) is 11.1. The van der Waals surface area contributed by atoms with E-state index < -0.39 is 0 Å². The van der Waals surface area contributed by atoms with Crippen molar-refractivity contribution in [3.8, 4) is 17.2 Å². The van der Waals surface area contributed by atoms with E-state index >= 15 is 0 Å². The zero-order valence-corrected chi connectivity index (χ0v) is 22.6. The average Bonchev–Trinajstić information content (AvgIpc) is 2.92. The van der Waals surface area contributed by atoms with Crippen LogP contribution in [-0.4, -0.2) is 76.3 Å². The maximum absolute atomic E-state index is 12.6. The lowest BCUT2D eigenvalue weighted by atomic mass is 10.1. The van der Waals surface area contributed by atoms with E-state index in [2.05, 4.69) is 40.5 Å². The van der Waals surface area contributed by atoms with Crippen molar-refractivity contribution in [2.24, 2.45) is 0 Å². The summed E-state index contributed by atoms with van der Waals surface area (Å²) in [7, 11) is 6.65. The zero-order chi connectivity index (χ0) is 27.2. The highest BCUT2D eigenvalue weighted by atomic mass is 16.5. The van der Waals surface area contributed by atoms with Gasteiger partial charge in [-0.05, 0) is 43.8 Å². The third kappa shape index (κ3) is 6.25. The van der Waals surface area contributed by atoms with Gasteiger partial charge in [-0.2, -0.15) is 0 Å². The van der Waals surface area contributed by atoms with Gasteiger partial charge in [-0.25, -0.2) is 4.98 Å². The van der Waals surface area contributed by atoms with Crippen molar-refractivity contribution in [3.05, 3.63) is 42.0 Å². The number of fused-ring (bicyclic) bond motifs is 1. The minimum Gasteiger partial charge on any atom is -0.493 e. The summed E-state index contributed by atoms with van der Waals surface area (Å²) in [6.07, 6.45) is 0.0545. The quantitative estimate of drug-likeness (QED) is 0.440. The third-order valence-electron chi connectivity index (χ3n) is 6.64. The molecule has 0 atom stereocenters. The summed E-state index contributed by atoms with van der Waals surface area (Å²) in [5.74, 6) is 1.73. The number of aryl methyl sites for hydroxylation is 1. The number of hydrogen-bond acceptors (Lipinski definition) is 8. The van der Waals surface area contributed by atoms with Crippen LogP contribution in [-0.2, 0) is 9.59 Å². The van der Waals surface area contributed by atoms with Crippen molar-refractivity contribution in [2.45, 2.75) is 19.8 Å². The van der Waals surface area contributed by atoms with Crippen LogP contribution in [0.25, 0.3) is 10.9 Å². The molecule has 10 heteroatoms. The van der Waals surface area contributed by atoms with E-state index in [1.807, 2.05) is 18.2 Å². The van der Waals surface area contributed by atoms with E-state index in [-0.39, 0.29) is 24.7 Å². The molecule has 2 heterocycles. The van der Waals surface area contributed by atoms with E-state index in [1.54, 1.807) is 12.1 Å². The Hall–Kier alpha value is -4.05. The number of hydrogen-bond donors (Lipinski definition) is 2. The van der Waals surface area contributed by atoms with Crippen molar-refractivity contribution >= 4 is 39.9 Å². The normalized spacial score (nSPS) is 13.8. The number of aromatic nitrogens is 1. The fourth-order valence-corrected chi connectivity index (χ4v) is 4.48. The first-order valence-electron chi connectivity index (χ1n) is 12.6. The number of amides is 2. The van der Waals surface area contributed by atoms with Gasteiger partial charge < -0.3 is 34.6 Å². The molecular weight excluding hydrogens is 486 g/mol. The first-order valence-corrected chi connectivity index (χ1v) is 12.6. The molecule has 0 radical (unpaired) electrons. The molecular formula is C28H35N5O5. The number of rotatable bonds is 9. The number of anilines is 3. The molecule has 0 bridgehead atoms. The maximum Gasteiger partial charge on any atom is 0.224 e. The van der Waals surface area contributed by atoms with Crippen LogP contribution in [0.15, 0.2) is 36.4 Å². The first kappa shape index (κ1) is 27.0. The molecule has 10 nitrogen and oxygen atoms in total. The summed E-state index contributed by atoms with van der Waals surface area (Å²) in [6.45, 7) is 6.00. The van der Waals surface area contributed by atoms with Gasteiger partial charge in [-0.1, -0.05) is 0 Å². The average molecular weight is 522 g/mol. The Balaban J connectivity index is 1.36. The number of piperazine rings is 1. The summed E-state index contributed by atoms with van der Waals surface area (Å²) < 4.78 is 15.9. The molecule has 0 saturated carbocycles. The smallest absolute Gasteiger partial charge is 0.224 e. The number of methoxy groups -OCH3 is 3. The monoisotopic (exact) mass is 521 g/mol. The molecule has 2 amide bonds. The lowest BCUT2D eigenvalue weighted by molar-refractivity contribution is -0.121. The summed E-state index contributed by atoms with van der Waals surface area (Å²) in [4.78, 5) is 34.6. The van der Waals surface area contributed by atoms with Crippen LogP contribution in [0.4, 0.5) is 17.2 Å². The topological polar surface area (TPSA) is 105 Å². The molecule has 0 unspecified atom stereocenters. The molecule has 202 valence electrons. The van der Waals surface area contributed by atoms with Crippen LogP contribution in [0.1, 0.15) is 18.4 Å². The number of ether oxygens (including phenoxy) is 3. The third-order valence-corrected chi connectivity index (χ3v) is 6.64. The molecule has 38 heavy (non-hydrogen) atoms. The van der Waals surface area contributed by atoms with Crippen molar-refractivity contribution in [1.29, 1.82) is 0 Å². The number of pyridine rings is 1. The van der Waals surface area contributed by atoms with Gasteiger partial charge in [0.15, 0.2) is 11.5 Å². The number of nitrogens with one attached hydrogen (secondary N) is 2. The summed E-state index contributed by atoms with van der Waals surface area (Å²) in [5.41, 5.74) is 3.15. The Bertz CT molecular complexity index is 1300. The number of nitrogens with zero attached hydrogens (tertiary/aromatic N) is 3. The molecule has 1 aliphatic rings. The fraction of sp³-hybridized carbons (Fsp3) is 0.393. The first-order chi connectivity index (χ1) is 18.3. The molecule has 1 aliphatic heterocycles. The van der Waals surface area contributed by atoms with Gasteiger partial charge in [-0.3, -0.25) is 9.59 Å². The van der Waals surface area contributed by atoms with E-state index in [0.29, 0.717) is 28.6 Å². The van der Waals surface area contributed by atoms with Gasteiger partial charge in [-0.15, -0.1) is 0 Å². The fourth-order valence-electron chi connectivity index (χ4n) is 4.48. The Labute approximate surface area is 222 Å². The van der Waals surface area contributed by atoms with Gasteiger partial charge in [0.25, 0.3) is 0 Å². The molecule has 1 fully saturated rings. The highest BCUT2D eigenvalue weighted by molar-refractivity contribution is 5.98. The summed E-state index contributed by atoms with van der Waals surface area (Å²) in [5, 5.41) is 6.66. The highest BCUT2D eigenvalue weighted by Gasteiger charge is 2.18. The zero-order valence-electron chi connectivity index (χ0n) is 22.6. The highest BCUT2D eigenvalue weighted by Crippen LogP contribution is 2.40. The van der Waals surface area contributed by atoms with Gasteiger partial charge >= 0.3 is 0 Å². The lowest BCUT2D eigenvalue weighted by Crippen LogP contribution is -2.44. The van der Waals surface area contributed by atoms with Crippen LogP contribution >= 0.6 is 0 Å². The molecule has 4 rings (SSSR count). The number of carbonyl (C=O) groups excluding carboxylic acids is 2. The van der Waals surface area contributed by atoms with Gasteiger partial charge in [0, 0.05) is 67.9 Å². The minimum atomic E-state index is -0.301. The van der Waals surface area contributed by atoms with Crippen LogP contribution in [0.3, 0.4) is 0 Å². The minimum absolute atomic E-state index is 0.0189. The van der Waals surface area contributed by atoms with Gasteiger partial charge in [0.05, 0.1) is 26.8 Å². The SMILES string of the molecule is COc1cc(NC(=O)CCC(=O)Nc2ccc3nc(N4CCN(C)CC4)cc(C)c3c2)cc(OC)c1OC. The van der Waals surface area contributed by atoms with Gasteiger partial charge in [0.1, 0.15) is 5.82 Å². The molecule has 2 aromatic carbocycles. The molecule has 3 aromatic rings. The van der Waals surface area contributed by atoms with E-state index in [0.717, 1.165) is 48.5 Å². The standard InChI is InChI=1S/C28H35N5O5/c1-18-14-25(33-12-10-32(2)11-13-33)31-22-7-6-19(15-21(18)22)29-26(34)8-9-27(35)30-20-16-23(36-3)28(38-5)24(17-20)37-4/h6-7,14-17H,8-13H2,1-5H3,(H,29,34)(H,30,35). The number of benzene rings is 2. The second kappa shape index (κ2) is 12.0. The van der Waals surface area contributed by atoms with Crippen LogP contribution in [0, 0.1) is 6.92 Å². The Morgan fingerprint density at radius 3 is 2.03 bits per heavy atom. The van der Waals surface area contributed by atoms with Crippen LogP contribution < -0.4 is 29.7 Å². The van der Waals surface area contributed by atoms with Crippen molar-refractivity contribution in [1.82, 2.24) is 9.88 Å². The molecule has 0 spiro atoms. The second-order valence-corrected chi connectivity index (χ2v) is 9.33. The molecule has 2 N–H and O–H groups in total. The van der Waals surface area contributed by atoms with E-state index in [9.17, 15) is 9.59 Å². The van der Waals surface area contributed by atoms with Crippen LogP contribution in [0.5, 0.6) is 17.2 Å². The Kier molecular flexibility index (Phi) is 8.52. The summed E-state index contributed by atoms with van der Waals surface area (Å²) >= 11 is 0. The Morgan fingerprint density at radius 1 is 0.842 bits per heavy atom. The predicted molar refractivity (Wildman–Crippen MR) is 149 cm³/mol. The van der Waals surface area contributed by atoms with Crippen molar-refractivity contribution in [2.75, 3.05) is 70.1 Å². The second-order valence-electron chi connectivity index (χ2n) is 9.33. The molecule has 1 saturated heterocycles.